The smallest absolute Gasteiger partial charge is 0.272 e. The highest BCUT2D eigenvalue weighted by Gasteiger charge is 2.26. The number of hydrogen-bond acceptors (Lipinski definition) is 3. The highest BCUT2D eigenvalue weighted by molar-refractivity contribution is 7.92. The molecule has 0 aliphatic rings. The summed E-state index contributed by atoms with van der Waals surface area (Å²) in [6.45, 7) is 3.87. The highest BCUT2D eigenvalue weighted by Crippen LogP contribution is 2.34. The van der Waals surface area contributed by atoms with Crippen molar-refractivity contribution in [3.8, 4) is 0 Å². The molecule has 8 heteroatoms. The standard InChI is InChI=1S/C25H24FN3O3S/c1-25(2,20-9-4-5-10-21(20)26)17-7-6-8-18(14-17)27-24(30)23-13-16-11-12-19(15-22(16)28-23)29-33(3,31)32/h4-15,28-29H,1-3H3,(H,27,30). The van der Waals surface area contributed by atoms with E-state index in [-0.39, 0.29) is 11.7 Å². The minimum Gasteiger partial charge on any atom is -0.350 e. The van der Waals surface area contributed by atoms with Crippen LogP contribution >= 0.6 is 0 Å². The lowest BCUT2D eigenvalue weighted by molar-refractivity contribution is 0.102. The Morgan fingerprint density at radius 2 is 1.70 bits per heavy atom. The maximum absolute atomic E-state index is 14.4. The first kappa shape index (κ1) is 22.5. The molecule has 33 heavy (non-hydrogen) atoms. The number of aromatic nitrogens is 1. The quantitative estimate of drug-likeness (QED) is 0.363. The van der Waals surface area contributed by atoms with Crippen LogP contribution in [0.4, 0.5) is 15.8 Å². The van der Waals surface area contributed by atoms with Gasteiger partial charge in [-0.05, 0) is 47.5 Å². The summed E-state index contributed by atoms with van der Waals surface area (Å²) in [7, 11) is -3.40. The minimum absolute atomic E-state index is 0.278. The molecule has 4 rings (SSSR count). The Kier molecular flexibility index (Phi) is 5.71. The maximum atomic E-state index is 14.4. The molecule has 0 fully saturated rings. The maximum Gasteiger partial charge on any atom is 0.272 e. The van der Waals surface area contributed by atoms with Crippen molar-refractivity contribution in [3.05, 3.63) is 95.4 Å². The van der Waals surface area contributed by atoms with Gasteiger partial charge in [0.05, 0.1) is 11.9 Å². The van der Waals surface area contributed by atoms with Crippen LogP contribution in [0.15, 0.2) is 72.8 Å². The fourth-order valence-electron chi connectivity index (χ4n) is 3.83. The Morgan fingerprint density at radius 3 is 2.42 bits per heavy atom. The number of carbonyl (C=O) groups excluding carboxylic acids is 1. The van der Waals surface area contributed by atoms with Crippen molar-refractivity contribution in [1.29, 1.82) is 0 Å². The van der Waals surface area contributed by atoms with Crippen LogP contribution in [0.5, 0.6) is 0 Å². The van der Waals surface area contributed by atoms with E-state index in [4.69, 9.17) is 0 Å². The van der Waals surface area contributed by atoms with Crippen molar-refractivity contribution >= 4 is 38.2 Å². The van der Waals surface area contributed by atoms with E-state index in [1.165, 1.54) is 6.07 Å². The summed E-state index contributed by atoms with van der Waals surface area (Å²) in [5.41, 5.74) is 2.78. The summed E-state index contributed by atoms with van der Waals surface area (Å²) in [6.07, 6.45) is 1.08. The van der Waals surface area contributed by atoms with E-state index in [1.54, 1.807) is 48.5 Å². The third-order valence-electron chi connectivity index (χ3n) is 5.56. The SMILES string of the molecule is CC(C)(c1cccc(NC(=O)c2cc3ccc(NS(C)(=O)=O)cc3[nH]2)c1)c1ccccc1F. The van der Waals surface area contributed by atoms with Crippen LogP contribution in [0, 0.1) is 5.82 Å². The molecule has 0 saturated carbocycles. The van der Waals surface area contributed by atoms with Gasteiger partial charge >= 0.3 is 0 Å². The van der Waals surface area contributed by atoms with Crippen molar-refractivity contribution < 1.29 is 17.6 Å². The monoisotopic (exact) mass is 465 g/mol. The number of carbonyl (C=O) groups is 1. The number of benzene rings is 3. The first-order valence-electron chi connectivity index (χ1n) is 10.3. The number of halogens is 1. The molecule has 4 aromatic rings. The molecule has 3 aromatic carbocycles. The van der Waals surface area contributed by atoms with Crippen molar-refractivity contribution in [1.82, 2.24) is 4.98 Å². The zero-order valence-electron chi connectivity index (χ0n) is 18.4. The summed E-state index contributed by atoms with van der Waals surface area (Å²) >= 11 is 0. The van der Waals surface area contributed by atoms with E-state index in [9.17, 15) is 17.6 Å². The van der Waals surface area contributed by atoms with E-state index in [0.29, 0.717) is 28.1 Å². The minimum atomic E-state index is -3.40. The molecule has 1 heterocycles. The summed E-state index contributed by atoms with van der Waals surface area (Å²) in [5.74, 6) is -0.621. The second-order valence-corrected chi connectivity index (χ2v) is 10.2. The van der Waals surface area contributed by atoms with Crippen molar-refractivity contribution in [2.75, 3.05) is 16.3 Å². The van der Waals surface area contributed by atoms with Gasteiger partial charge < -0.3 is 10.3 Å². The number of nitrogens with one attached hydrogen (secondary N) is 3. The Balaban J connectivity index is 1.58. The molecule has 6 nitrogen and oxygen atoms in total. The molecule has 3 N–H and O–H groups in total. The van der Waals surface area contributed by atoms with E-state index in [0.717, 1.165) is 17.2 Å². The van der Waals surface area contributed by atoms with Gasteiger partial charge in [0, 0.05) is 22.0 Å². The third-order valence-corrected chi connectivity index (χ3v) is 6.17. The fraction of sp³-hybridized carbons (Fsp3) is 0.160. The molecule has 1 amide bonds. The molecule has 0 aliphatic heterocycles. The third kappa shape index (κ3) is 4.90. The Morgan fingerprint density at radius 1 is 0.939 bits per heavy atom. The summed E-state index contributed by atoms with van der Waals surface area (Å²) in [5, 5.41) is 3.65. The van der Waals surface area contributed by atoms with E-state index in [2.05, 4.69) is 15.0 Å². The first-order valence-corrected chi connectivity index (χ1v) is 12.2. The molecule has 0 unspecified atom stereocenters. The number of anilines is 2. The topological polar surface area (TPSA) is 91.1 Å². The summed E-state index contributed by atoms with van der Waals surface area (Å²) < 4.78 is 39.7. The zero-order valence-corrected chi connectivity index (χ0v) is 19.3. The van der Waals surface area contributed by atoms with Crippen molar-refractivity contribution in [3.63, 3.8) is 0 Å². The van der Waals surface area contributed by atoms with Gasteiger partial charge in [0.15, 0.2) is 0 Å². The zero-order chi connectivity index (χ0) is 23.8. The summed E-state index contributed by atoms with van der Waals surface area (Å²) in [6, 6.07) is 20.7. The van der Waals surface area contributed by atoms with Gasteiger partial charge in [0.2, 0.25) is 10.0 Å². The Hall–Kier alpha value is -3.65. The number of hydrogen-bond donors (Lipinski definition) is 3. The van der Waals surface area contributed by atoms with Gasteiger partial charge in [-0.15, -0.1) is 0 Å². The molecule has 0 aliphatic carbocycles. The molecule has 0 atom stereocenters. The van der Waals surface area contributed by atoms with Gasteiger partial charge in [-0.3, -0.25) is 9.52 Å². The second kappa shape index (κ2) is 8.37. The molecule has 0 radical (unpaired) electrons. The lowest BCUT2D eigenvalue weighted by Crippen LogP contribution is -2.21. The van der Waals surface area contributed by atoms with Crippen molar-refractivity contribution in [2.45, 2.75) is 19.3 Å². The van der Waals surface area contributed by atoms with E-state index < -0.39 is 15.4 Å². The van der Waals surface area contributed by atoms with Crippen LogP contribution in [0.2, 0.25) is 0 Å². The Labute approximate surface area is 191 Å². The summed E-state index contributed by atoms with van der Waals surface area (Å²) in [4.78, 5) is 15.9. The molecule has 0 bridgehead atoms. The van der Waals surface area contributed by atoms with Gasteiger partial charge in [-0.2, -0.15) is 0 Å². The molecule has 170 valence electrons. The number of amides is 1. The second-order valence-electron chi connectivity index (χ2n) is 8.50. The van der Waals surface area contributed by atoms with Crippen molar-refractivity contribution in [2.24, 2.45) is 0 Å². The van der Waals surface area contributed by atoms with Crippen LogP contribution in [-0.4, -0.2) is 25.6 Å². The average molecular weight is 466 g/mol. The van der Waals surface area contributed by atoms with Crippen LogP contribution in [0.25, 0.3) is 10.9 Å². The predicted molar refractivity (Wildman–Crippen MR) is 130 cm³/mol. The number of sulfonamides is 1. The average Bonchev–Trinajstić information content (AvgIpc) is 3.16. The number of fused-ring (bicyclic) bond motifs is 1. The molecule has 1 aromatic heterocycles. The highest BCUT2D eigenvalue weighted by atomic mass is 32.2. The normalized spacial score (nSPS) is 12.0. The molecular formula is C25H24FN3O3S. The van der Waals surface area contributed by atoms with E-state index in [1.807, 2.05) is 32.0 Å². The lowest BCUT2D eigenvalue weighted by atomic mass is 9.78. The van der Waals surface area contributed by atoms with Gasteiger partial charge in [-0.25, -0.2) is 12.8 Å². The number of H-pyrrole nitrogens is 1. The number of aromatic amines is 1. The molecule has 0 spiro atoms. The van der Waals surface area contributed by atoms with Crippen LogP contribution in [0.3, 0.4) is 0 Å². The number of rotatable bonds is 6. The van der Waals surface area contributed by atoms with Gasteiger partial charge in [0.25, 0.3) is 5.91 Å². The molecular weight excluding hydrogens is 441 g/mol. The van der Waals surface area contributed by atoms with Gasteiger partial charge in [-0.1, -0.05) is 50.2 Å². The largest absolute Gasteiger partial charge is 0.350 e. The first-order chi connectivity index (χ1) is 15.5. The van der Waals surface area contributed by atoms with Crippen LogP contribution in [-0.2, 0) is 15.4 Å². The van der Waals surface area contributed by atoms with Crippen LogP contribution in [0.1, 0.15) is 35.5 Å². The van der Waals surface area contributed by atoms with Gasteiger partial charge in [0.1, 0.15) is 11.5 Å². The lowest BCUT2D eigenvalue weighted by Gasteiger charge is -2.27. The van der Waals surface area contributed by atoms with Crippen LogP contribution < -0.4 is 10.0 Å². The fourth-order valence-corrected chi connectivity index (χ4v) is 4.39. The Bertz CT molecular complexity index is 1460. The molecule has 0 saturated heterocycles. The predicted octanol–water partition coefficient (Wildman–Crippen LogP) is 5.26. The van der Waals surface area contributed by atoms with E-state index >= 15 is 0 Å².